The molecule has 0 aliphatic rings. The van der Waals surface area contributed by atoms with Gasteiger partial charge in [-0.25, -0.2) is 18.0 Å². The van der Waals surface area contributed by atoms with Gasteiger partial charge in [-0.2, -0.15) is 0 Å². The van der Waals surface area contributed by atoms with Crippen LogP contribution >= 0.6 is 0 Å². The lowest BCUT2D eigenvalue weighted by molar-refractivity contribution is 0.0679. The van der Waals surface area contributed by atoms with Gasteiger partial charge in [0.15, 0.2) is 0 Å². The van der Waals surface area contributed by atoms with Crippen LogP contribution < -0.4 is 18.9 Å². The van der Waals surface area contributed by atoms with E-state index >= 15 is 0 Å². The lowest BCUT2D eigenvalue weighted by Gasteiger charge is -2.22. The summed E-state index contributed by atoms with van der Waals surface area (Å²) >= 11 is 0. The molecule has 0 fully saturated rings. The van der Waals surface area contributed by atoms with Gasteiger partial charge in [0, 0.05) is 11.1 Å². The number of ether oxygens (including phenoxy) is 4. The van der Waals surface area contributed by atoms with Gasteiger partial charge in [-0.1, -0.05) is 121 Å². The molecule has 6 aromatic rings. The second-order valence-corrected chi connectivity index (χ2v) is 13.8. The van der Waals surface area contributed by atoms with E-state index in [9.17, 15) is 28.2 Å². The van der Waals surface area contributed by atoms with Crippen LogP contribution in [0.25, 0.3) is 0 Å². The maximum atomic E-state index is 13.4. The van der Waals surface area contributed by atoms with Gasteiger partial charge < -0.3 is 29.2 Å². The molecule has 0 aromatic heterocycles. The van der Waals surface area contributed by atoms with E-state index in [0.29, 0.717) is 0 Å². The molecule has 0 saturated heterocycles. The normalized spacial score (nSPS) is 11.4. The summed E-state index contributed by atoms with van der Waals surface area (Å²) in [6.45, 7) is 0.128. The van der Waals surface area contributed by atoms with Crippen LogP contribution in [-0.4, -0.2) is 30.6 Å². The van der Waals surface area contributed by atoms with E-state index in [-0.39, 0.29) is 78.1 Å². The molecule has 6 aromatic carbocycles. The molecule has 0 spiro atoms. The molecule has 0 saturated carbocycles. The highest BCUT2D eigenvalue weighted by Gasteiger charge is 2.29. The second-order valence-electron chi connectivity index (χ2n) is 12.6. The van der Waals surface area contributed by atoms with Crippen LogP contribution in [0.1, 0.15) is 59.3 Å². The second kappa shape index (κ2) is 18.4. The van der Waals surface area contributed by atoms with Crippen LogP contribution in [-0.2, 0) is 43.6 Å². The van der Waals surface area contributed by atoms with E-state index in [1.54, 1.807) is 30.3 Å². The molecule has 0 bridgehead atoms. The number of thiol groups is 1. The number of hydrogen-bond donors (Lipinski definition) is 3. The minimum atomic E-state index is -3.36. The summed E-state index contributed by atoms with van der Waals surface area (Å²) in [4.78, 5) is 25.6. The Bertz CT molecular complexity index is 2290. The number of benzene rings is 6. The first-order chi connectivity index (χ1) is 26.7. The predicted octanol–water partition coefficient (Wildman–Crippen LogP) is 8.29. The zero-order chi connectivity index (χ0) is 38.6. The fourth-order valence-corrected chi connectivity index (χ4v) is 6.71. The van der Waals surface area contributed by atoms with Gasteiger partial charge in [0.2, 0.25) is 0 Å². The van der Waals surface area contributed by atoms with Gasteiger partial charge >= 0.3 is 11.9 Å². The van der Waals surface area contributed by atoms with Crippen molar-refractivity contribution in [2.75, 3.05) is 0 Å². The highest BCUT2D eigenvalue weighted by Crippen LogP contribution is 2.41. The molecule has 55 heavy (non-hydrogen) atoms. The molecule has 0 aliphatic heterocycles. The van der Waals surface area contributed by atoms with Crippen molar-refractivity contribution in [2.24, 2.45) is 0 Å². The quantitative estimate of drug-likeness (QED) is 0.0732. The van der Waals surface area contributed by atoms with Gasteiger partial charge in [0.1, 0.15) is 71.3 Å². The Kier molecular flexibility index (Phi) is 12.8. The average Bonchev–Trinajstić information content (AvgIpc) is 3.21. The molecule has 280 valence electrons. The standard InChI is InChI=1S/C44H38O10S/c45-43(46)38-24-35(51-26-30-13-5-1-6-14-30)21-34(41(38)53-28-32-17-9-3-10-18-32)22-40(55(49)50)37-23-36(52-27-31-15-7-2-8-16-31)25-39(44(47)48)42(37)54-29-33-19-11-4-12-20-33/h1-21,23-25,40,55H,22,26-29H2,(H,45,46)(H,47,48). The lowest BCUT2D eigenvalue weighted by atomic mass is 9.97. The van der Waals surface area contributed by atoms with E-state index in [4.69, 9.17) is 18.9 Å². The first kappa shape index (κ1) is 38.1. The Morgan fingerprint density at radius 1 is 0.491 bits per heavy atom. The third kappa shape index (κ3) is 10.3. The Morgan fingerprint density at radius 2 is 0.855 bits per heavy atom. The van der Waals surface area contributed by atoms with Crippen molar-refractivity contribution in [1.29, 1.82) is 0 Å². The highest BCUT2D eigenvalue weighted by atomic mass is 32.2. The minimum absolute atomic E-state index is 0.00999. The van der Waals surface area contributed by atoms with E-state index in [1.165, 1.54) is 18.2 Å². The molecule has 0 heterocycles. The fraction of sp³-hybridized carbons (Fsp3) is 0.136. The van der Waals surface area contributed by atoms with Crippen molar-refractivity contribution in [2.45, 2.75) is 38.1 Å². The summed E-state index contributed by atoms with van der Waals surface area (Å²) in [6.07, 6.45) is -0.325. The number of hydrogen-bond acceptors (Lipinski definition) is 8. The predicted molar refractivity (Wildman–Crippen MR) is 207 cm³/mol. The van der Waals surface area contributed by atoms with Crippen molar-refractivity contribution >= 4 is 22.6 Å². The van der Waals surface area contributed by atoms with Crippen LogP contribution in [0, 0.1) is 0 Å². The zero-order valence-electron chi connectivity index (χ0n) is 29.6. The summed E-state index contributed by atoms with van der Waals surface area (Å²) in [5, 5.41) is 19.4. The number of carbonyl (C=O) groups is 2. The number of aromatic carboxylic acids is 2. The first-order valence-corrected chi connectivity index (χ1v) is 18.6. The molecule has 0 amide bonds. The topological polar surface area (TPSA) is 146 Å². The summed E-state index contributed by atoms with van der Waals surface area (Å²) < 4.78 is 51.2. The van der Waals surface area contributed by atoms with Gasteiger partial charge in [-0.05, 0) is 52.9 Å². The SMILES string of the molecule is O=C(O)c1cc(OCc2ccccc2)cc(CC(c2cc(OCc3ccccc3)cc(C(=O)O)c2OCc2ccccc2)[SH](=O)=O)c1OCc1ccccc1. The summed E-state index contributed by atoms with van der Waals surface area (Å²) in [7, 11) is -3.36. The van der Waals surface area contributed by atoms with E-state index in [1.807, 2.05) is 97.1 Å². The molecule has 0 aliphatic carbocycles. The minimum Gasteiger partial charge on any atom is -0.489 e. The monoisotopic (exact) mass is 758 g/mol. The van der Waals surface area contributed by atoms with Crippen LogP contribution in [0.2, 0.25) is 0 Å². The van der Waals surface area contributed by atoms with Crippen molar-refractivity contribution in [3.8, 4) is 23.0 Å². The maximum absolute atomic E-state index is 13.4. The van der Waals surface area contributed by atoms with E-state index in [0.717, 1.165) is 22.3 Å². The van der Waals surface area contributed by atoms with Crippen LogP contribution in [0.4, 0.5) is 0 Å². The molecule has 11 heteroatoms. The van der Waals surface area contributed by atoms with E-state index in [2.05, 4.69) is 0 Å². The molecule has 1 atom stereocenters. The van der Waals surface area contributed by atoms with Crippen LogP contribution in [0.15, 0.2) is 146 Å². The lowest BCUT2D eigenvalue weighted by Crippen LogP contribution is -2.14. The Labute approximate surface area is 320 Å². The molecule has 10 nitrogen and oxygen atoms in total. The Hall–Kier alpha value is -6.59. The summed E-state index contributed by atoms with van der Waals surface area (Å²) in [5.41, 5.74) is 2.83. The van der Waals surface area contributed by atoms with Gasteiger partial charge in [-0.15, -0.1) is 0 Å². The average molecular weight is 759 g/mol. The van der Waals surface area contributed by atoms with Crippen molar-refractivity contribution in [3.05, 3.63) is 190 Å². The smallest absolute Gasteiger partial charge is 0.339 e. The molecule has 2 N–H and O–H groups in total. The third-order valence-corrected chi connectivity index (χ3v) is 9.64. The summed E-state index contributed by atoms with van der Waals surface area (Å²) in [5.74, 6) is -2.59. The van der Waals surface area contributed by atoms with Gasteiger partial charge in [-0.3, -0.25) is 0 Å². The van der Waals surface area contributed by atoms with Gasteiger partial charge in [0.05, 0.1) is 5.25 Å². The fourth-order valence-electron chi connectivity index (χ4n) is 5.95. The Balaban J connectivity index is 1.46. The van der Waals surface area contributed by atoms with Crippen LogP contribution in [0.5, 0.6) is 23.0 Å². The molecular weight excluding hydrogens is 721 g/mol. The van der Waals surface area contributed by atoms with E-state index < -0.39 is 27.9 Å². The molecular formula is C44H38O10S. The van der Waals surface area contributed by atoms with Crippen LogP contribution in [0.3, 0.4) is 0 Å². The Morgan fingerprint density at radius 3 is 1.25 bits per heavy atom. The van der Waals surface area contributed by atoms with Crippen molar-refractivity contribution in [1.82, 2.24) is 0 Å². The number of carboxylic acid groups (broad SMARTS) is 2. The molecule has 0 radical (unpaired) electrons. The zero-order valence-corrected chi connectivity index (χ0v) is 30.5. The van der Waals surface area contributed by atoms with Crippen molar-refractivity contribution in [3.63, 3.8) is 0 Å². The molecule has 1 unspecified atom stereocenters. The first-order valence-electron chi connectivity index (χ1n) is 17.4. The largest absolute Gasteiger partial charge is 0.489 e. The number of carboxylic acids is 2. The summed E-state index contributed by atoms with van der Waals surface area (Å²) in [6, 6.07) is 42.3. The third-order valence-electron chi connectivity index (χ3n) is 8.67. The van der Waals surface area contributed by atoms with Gasteiger partial charge in [0.25, 0.3) is 0 Å². The maximum Gasteiger partial charge on any atom is 0.339 e. The highest BCUT2D eigenvalue weighted by molar-refractivity contribution is 7.72. The molecule has 6 rings (SSSR count). The number of rotatable bonds is 18. The van der Waals surface area contributed by atoms with Crippen molar-refractivity contribution < 1.29 is 47.2 Å².